The third-order valence-electron chi connectivity index (χ3n) is 5.22. The summed E-state index contributed by atoms with van der Waals surface area (Å²) in [5, 5.41) is 10.4. The molecule has 0 spiro atoms. The highest BCUT2D eigenvalue weighted by Gasteiger charge is 2.29. The molecule has 0 aliphatic carbocycles. The van der Waals surface area contributed by atoms with E-state index in [4.69, 9.17) is 14.2 Å². The number of β-amino-alcohol motifs (C(OH)–C–C–N with tert-alkyl or cyclic N) is 1. The quantitative estimate of drug-likeness (QED) is 0.794. The molecule has 2 aliphatic rings. The first-order valence-corrected chi connectivity index (χ1v) is 9.77. The lowest BCUT2D eigenvalue weighted by Gasteiger charge is -2.22. The van der Waals surface area contributed by atoms with E-state index in [1.807, 2.05) is 24.3 Å². The number of rotatable bonds is 5. The molecule has 8 nitrogen and oxygen atoms in total. The van der Waals surface area contributed by atoms with Crippen molar-refractivity contribution in [1.82, 2.24) is 9.80 Å². The minimum atomic E-state index is -0.815. The van der Waals surface area contributed by atoms with Gasteiger partial charge in [0, 0.05) is 19.6 Å². The first kappa shape index (κ1) is 20.0. The van der Waals surface area contributed by atoms with E-state index in [9.17, 15) is 14.7 Å². The number of carbonyl (C=O) groups excluding carboxylic acids is 2. The van der Waals surface area contributed by atoms with Crippen LogP contribution < -0.4 is 14.2 Å². The van der Waals surface area contributed by atoms with Gasteiger partial charge in [-0.1, -0.05) is 18.2 Å². The van der Waals surface area contributed by atoms with Gasteiger partial charge in [0.25, 0.3) is 0 Å². The Morgan fingerprint density at radius 3 is 2.60 bits per heavy atom. The van der Waals surface area contributed by atoms with Crippen molar-refractivity contribution in [3.05, 3.63) is 53.6 Å². The van der Waals surface area contributed by atoms with Crippen LogP contribution in [0.25, 0.3) is 0 Å². The molecule has 1 N–H and O–H groups in total. The molecule has 2 aromatic rings. The zero-order valence-corrected chi connectivity index (χ0v) is 16.7. The summed E-state index contributed by atoms with van der Waals surface area (Å²) < 4.78 is 15.8. The van der Waals surface area contributed by atoms with Gasteiger partial charge >= 0.3 is 0 Å². The predicted octanol–water partition coefficient (Wildman–Crippen LogP) is 1.20. The normalized spacial score (nSPS) is 18.3. The highest BCUT2D eigenvalue weighted by molar-refractivity contribution is 5.86. The number of aliphatic hydroxyl groups excluding tert-OH is 1. The topological polar surface area (TPSA) is 88.5 Å². The van der Waals surface area contributed by atoms with Crippen molar-refractivity contribution in [2.45, 2.75) is 19.1 Å². The third kappa shape index (κ3) is 4.49. The number of benzene rings is 2. The van der Waals surface area contributed by atoms with Crippen LogP contribution in [0.15, 0.2) is 42.5 Å². The average Bonchev–Trinajstić information content (AvgIpc) is 3.15. The minimum absolute atomic E-state index is 0.0589. The Bertz CT molecular complexity index is 930. The lowest BCUT2D eigenvalue weighted by molar-refractivity contribution is -0.138. The number of nitrogens with zero attached hydrogens (tertiary/aromatic N) is 2. The number of hydrogen-bond acceptors (Lipinski definition) is 6. The summed E-state index contributed by atoms with van der Waals surface area (Å²) in [6.07, 6.45) is -0.656. The van der Waals surface area contributed by atoms with Crippen LogP contribution in [-0.4, -0.2) is 66.4 Å². The average molecular weight is 412 g/mol. The van der Waals surface area contributed by atoms with Gasteiger partial charge in [0.05, 0.1) is 26.2 Å². The summed E-state index contributed by atoms with van der Waals surface area (Å²) in [4.78, 5) is 28.5. The first-order chi connectivity index (χ1) is 14.5. The van der Waals surface area contributed by atoms with Crippen LogP contribution in [0.5, 0.6) is 17.2 Å². The molecule has 2 aromatic carbocycles. The fraction of sp³-hybridized carbons (Fsp3) is 0.364. The van der Waals surface area contributed by atoms with Crippen LogP contribution in [0.3, 0.4) is 0 Å². The van der Waals surface area contributed by atoms with Gasteiger partial charge in [0.2, 0.25) is 18.6 Å². The molecular weight excluding hydrogens is 388 g/mol. The molecule has 1 unspecified atom stereocenters. The Hall–Kier alpha value is -3.26. The number of hydrogen-bond donors (Lipinski definition) is 1. The van der Waals surface area contributed by atoms with Crippen molar-refractivity contribution in [3.63, 3.8) is 0 Å². The summed E-state index contributed by atoms with van der Waals surface area (Å²) >= 11 is 0. The Balaban J connectivity index is 1.40. The maximum atomic E-state index is 12.8. The van der Waals surface area contributed by atoms with Crippen LogP contribution in [-0.2, 0) is 22.6 Å². The largest absolute Gasteiger partial charge is 0.497 e. The smallest absolute Gasteiger partial charge is 0.242 e. The molecule has 0 aromatic heterocycles. The fourth-order valence-electron chi connectivity index (χ4n) is 3.63. The van der Waals surface area contributed by atoms with Gasteiger partial charge in [-0.2, -0.15) is 0 Å². The van der Waals surface area contributed by atoms with Crippen molar-refractivity contribution < 1.29 is 28.9 Å². The van der Waals surface area contributed by atoms with Crippen LogP contribution in [0.2, 0.25) is 0 Å². The predicted molar refractivity (Wildman–Crippen MR) is 107 cm³/mol. The van der Waals surface area contributed by atoms with E-state index in [1.54, 1.807) is 30.2 Å². The van der Waals surface area contributed by atoms with Crippen molar-refractivity contribution in [2.24, 2.45) is 0 Å². The molecule has 1 fully saturated rings. The van der Waals surface area contributed by atoms with E-state index in [0.29, 0.717) is 23.8 Å². The molecule has 158 valence electrons. The Labute approximate surface area is 174 Å². The minimum Gasteiger partial charge on any atom is -0.497 e. The lowest BCUT2D eigenvalue weighted by atomic mass is 10.1. The standard InChI is InChI=1S/C22H24N2O6/c1-28-18-5-2-15(3-6-18)9-21(26)24-12-17(25)11-23(22(27)13-24)10-16-4-7-19-20(8-16)30-14-29-19/h2-8,17,25H,9-14H2,1H3. The first-order valence-electron chi connectivity index (χ1n) is 9.77. The molecule has 0 saturated carbocycles. The molecule has 0 radical (unpaired) electrons. The maximum absolute atomic E-state index is 12.8. The molecule has 1 atom stereocenters. The zero-order chi connectivity index (χ0) is 21.1. The summed E-state index contributed by atoms with van der Waals surface area (Å²) in [6.45, 7) is 0.743. The Morgan fingerprint density at radius 1 is 1.10 bits per heavy atom. The second-order valence-corrected chi connectivity index (χ2v) is 7.41. The highest BCUT2D eigenvalue weighted by Crippen LogP contribution is 2.33. The number of aliphatic hydroxyl groups is 1. The maximum Gasteiger partial charge on any atom is 0.242 e. The molecule has 4 rings (SSSR count). The number of carbonyl (C=O) groups is 2. The monoisotopic (exact) mass is 412 g/mol. The Morgan fingerprint density at radius 2 is 1.83 bits per heavy atom. The SMILES string of the molecule is COc1ccc(CC(=O)N2CC(=O)N(Cc3ccc4c(c3)OCO4)CC(O)C2)cc1. The molecule has 8 heteroatoms. The van der Waals surface area contributed by atoms with Crippen LogP contribution in [0.1, 0.15) is 11.1 Å². The number of ether oxygens (including phenoxy) is 3. The van der Waals surface area contributed by atoms with E-state index >= 15 is 0 Å². The fourth-order valence-corrected chi connectivity index (χ4v) is 3.63. The molecular formula is C22H24N2O6. The summed E-state index contributed by atoms with van der Waals surface area (Å²) in [7, 11) is 1.58. The molecule has 0 bridgehead atoms. The summed E-state index contributed by atoms with van der Waals surface area (Å²) in [5.41, 5.74) is 1.70. The zero-order valence-electron chi connectivity index (χ0n) is 16.7. The third-order valence-corrected chi connectivity index (χ3v) is 5.22. The Kier molecular flexibility index (Phi) is 5.76. The van der Waals surface area contributed by atoms with Gasteiger partial charge < -0.3 is 29.1 Å². The molecule has 2 amide bonds. The van der Waals surface area contributed by atoms with E-state index in [2.05, 4.69) is 0 Å². The van der Waals surface area contributed by atoms with Gasteiger partial charge in [-0.3, -0.25) is 9.59 Å². The van der Waals surface area contributed by atoms with Gasteiger partial charge in [-0.15, -0.1) is 0 Å². The van der Waals surface area contributed by atoms with Crippen molar-refractivity contribution >= 4 is 11.8 Å². The number of fused-ring (bicyclic) bond motifs is 1. The van der Waals surface area contributed by atoms with Gasteiger partial charge in [-0.05, 0) is 35.4 Å². The van der Waals surface area contributed by atoms with Gasteiger partial charge in [0.1, 0.15) is 5.75 Å². The van der Waals surface area contributed by atoms with E-state index < -0.39 is 6.10 Å². The second-order valence-electron chi connectivity index (χ2n) is 7.41. The summed E-state index contributed by atoms with van der Waals surface area (Å²) in [6, 6.07) is 12.7. The number of amides is 2. The van der Waals surface area contributed by atoms with E-state index in [1.165, 1.54) is 4.90 Å². The van der Waals surface area contributed by atoms with Crippen molar-refractivity contribution in [3.8, 4) is 17.2 Å². The summed E-state index contributed by atoms with van der Waals surface area (Å²) in [5.74, 6) is 1.64. The molecule has 2 aliphatic heterocycles. The van der Waals surface area contributed by atoms with E-state index in [0.717, 1.165) is 11.1 Å². The van der Waals surface area contributed by atoms with Gasteiger partial charge in [-0.25, -0.2) is 0 Å². The van der Waals surface area contributed by atoms with E-state index in [-0.39, 0.29) is 44.7 Å². The molecule has 30 heavy (non-hydrogen) atoms. The molecule has 1 saturated heterocycles. The van der Waals surface area contributed by atoms with Crippen LogP contribution in [0, 0.1) is 0 Å². The lowest BCUT2D eigenvalue weighted by Crippen LogP contribution is -2.40. The van der Waals surface area contributed by atoms with Crippen LogP contribution in [0.4, 0.5) is 0 Å². The second kappa shape index (κ2) is 8.62. The molecule has 2 heterocycles. The highest BCUT2D eigenvalue weighted by atomic mass is 16.7. The van der Waals surface area contributed by atoms with Crippen LogP contribution >= 0.6 is 0 Å². The number of methoxy groups -OCH3 is 1. The van der Waals surface area contributed by atoms with Crippen molar-refractivity contribution in [1.29, 1.82) is 0 Å². The van der Waals surface area contributed by atoms with Crippen molar-refractivity contribution in [2.75, 3.05) is 33.5 Å². The van der Waals surface area contributed by atoms with Gasteiger partial charge in [0.15, 0.2) is 11.5 Å².